The molecule has 0 unspecified atom stereocenters. The molecule has 2 amide bonds. The van der Waals surface area contributed by atoms with Gasteiger partial charge in [0.25, 0.3) is 5.91 Å². The van der Waals surface area contributed by atoms with Crippen LogP contribution in [-0.2, 0) is 9.53 Å². The molecule has 0 radical (unpaired) electrons. The monoisotopic (exact) mass is 335 g/mol. The maximum absolute atomic E-state index is 11.8. The molecule has 0 saturated heterocycles. The van der Waals surface area contributed by atoms with Crippen LogP contribution in [0, 0.1) is 0 Å². The Labute approximate surface area is 134 Å². The Morgan fingerprint density at radius 1 is 1.38 bits per heavy atom. The third-order valence-corrected chi connectivity index (χ3v) is 2.77. The standard InChI is InChI=1S/C13H18ClN3O3.ClH/c1-20-7-6-16-13(19)10-3-2-9(8-11(10)14)17-12(18)4-5-15;/h2-3,8H,4-7,15H2,1H3,(H,16,19)(H,17,18);1H. The van der Waals surface area contributed by atoms with Crippen LogP contribution in [-0.4, -0.2) is 38.6 Å². The Hall–Kier alpha value is -1.34. The quantitative estimate of drug-likeness (QED) is 0.657. The van der Waals surface area contributed by atoms with Crippen molar-refractivity contribution in [2.75, 3.05) is 32.1 Å². The summed E-state index contributed by atoms with van der Waals surface area (Å²) in [7, 11) is 1.55. The minimum absolute atomic E-state index is 0. The summed E-state index contributed by atoms with van der Waals surface area (Å²) in [5.41, 5.74) is 6.16. The number of nitrogens with two attached hydrogens (primary N) is 1. The van der Waals surface area contributed by atoms with E-state index in [0.29, 0.717) is 24.4 Å². The van der Waals surface area contributed by atoms with Crippen LogP contribution in [0.25, 0.3) is 0 Å². The fourth-order valence-corrected chi connectivity index (χ4v) is 1.76. The number of carbonyl (C=O) groups excluding carboxylic acids is 2. The van der Waals surface area contributed by atoms with Crippen molar-refractivity contribution < 1.29 is 14.3 Å². The molecule has 0 fully saturated rings. The number of rotatable bonds is 7. The second-order valence-corrected chi connectivity index (χ2v) is 4.44. The van der Waals surface area contributed by atoms with Crippen LogP contribution < -0.4 is 16.4 Å². The molecule has 1 aromatic carbocycles. The van der Waals surface area contributed by atoms with E-state index in [9.17, 15) is 9.59 Å². The number of halogens is 2. The van der Waals surface area contributed by atoms with Gasteiger partial charge in [0.05, 0.1) is 17.2 Å². The predicted octanol–water partition coefficient (Wildman–Crippen LogP) is 1.43. The highest BCUT2D eigenvalue weighted by molar-refractivity contribution is 6.34. The van der Waals surface area contributed by atoms with Gasteiger partial charge in [-0.2, -0.15) is 0 Å². The smallest absolute Gasteiger partial charge is 0.252 e. The molecule has 0 spiro atoms. The topological polar surface area (TPSA) is 93.5 Å². The Balaban J connectivity index is 0.00000400. The molecule has 0 saturated carbocycles. The van der Waals surface area contributed by atoms with Gasteiger partial charge in [-0.1, -0.05) is 11.6 Å². The minimum Gasteiger partial charge on any atom is -0.383 e. The maximum atomic E-state index is 11.8. The molecule has 0 atom stereocenters. The SMILES string of the molecule is COCCNC(=O)c1ccc(NC(=O)CCN)cc1Cl.Cl. The lowest BCUT2D eigenvalue weighted by Gasteiger charge is -2.09. The number of carbonyl (C=O) groups is 2. The van der Waals surface area contributed by atoms with Crippen LogP contribution >= 0.6 is 24.0 Å². The van der Waals surface area contributed by atoms with Crippen molar-refractivity contribution in [3.63, 3.8) is 0 Å². The number of amides is 2. The summed E-state index contributed by atoms with van der Waals surface area (Å²) in [4.78, 5) is 23.2. The van der Waals surface area contributed by atoms with Crippen LogP contribution in [0.2, 0.25) is 5.02 Å². The van der Waals surface area contributed by atoms with Gasteiger partial charge in [-0.3, -0.25) is 9.59 Å². The number of hydrogen-bond acceptors (Lipinski definition) is 4. The molecule has 0 aliphatic carbocycles. The first-order valence-electron chi connectivity index (χ1n) is 6.15. The van der Waals surface area contributed by atoms with Crippen molar-refractivity contribution in [2.24, 2.45) is 5.73 Å². The first kappa shape index (κ1) is 19.7. The van der Waals surface area contributed by atoms with Gasteiger partial charge >= 0.3 is 0 Å². The number of hydrogen-bond donors (Lipinski definition) is 3. The minimum atomic E-state index is -0.285. The van der Waals surface area contributed by atoms with Gasteiger partial charge in [0, 0.05) is 32.3 Å². The molecule has 1 rings (SSSR count). The Kier molecular flexibility index (Phi) is 9.73. The fourth-order valence-electron chi connectivity index (χ4n) is 1.49. The third-order valence-electron chi connectivity index (χ3n) is 2.46. The van der Waals surface area contributed by atoms with Crippen molar-refractivity contribution in [1.29, 1.82) is 0 Å². The highest BCUT2D eigenvalue weighted by atomic mass is 35.5. The summed E-state index contributed by atoms with van der Waals surface area (Å²) >= 11 is 6.03. The van der Waals surface area contributed by atoms with Crippen LogP contribution in [0.15, 0.2) is 18.2 Å². The van der Waals surface area contributed by atoms with Crippen LogP contribution in [0.1, 0.15) is 16.8 Å². The van der Waals surface area contributed by atoms with E-state index in [4.69, 9.17) is 22.1 Å². The number of nitrogens with one attached hydrogen (secondary N) is 2. The summed E-state index contributed by atoms with van der Waals surface area (Å²) in [6.07, 6.45) is 0.233. The second kappa shape index (κ2) is 10.4. The lowest BCUT2D eigenvalue weighted by atomic mass is 10.2. The molecule has 0 bridgehead atoms. The van der Waals surface area contributed by atoms with E-state index in [-0.39, 0.29) is 42.2 Å². The van der Waals surface area contributed by atoms with Crippen molar-refractivity contribution >= 4 is 41.5 Å². The largest absolute Gasteiger partial charge is 0.383 e. The van der Waals surface area contributed by atoms with Crippen molar-refractivity contribution in [3.05, 3.63) is 28.8 Å². The van der Waals surface area contributed by atoms with E-state index in [1.165, 1.54) is 6.07 Å². The fraction of sp³-hybridized carbons (Fsp3) is 0.385. The van der Waals surface area contributed by atoms with Gasteiger partial charge in [0.15, 0.2) is 0 Å². The van der Waals surface area contributed by atoms with Crippen molar-refractivity contribution in [3.8, 4) is 0 Å². The Bertz CT molecular complexity index is 484. The Morgan fingerprint density at radius 2 is 2.10 bits per heavy atom. The van der Waals surface area contributed by atoms with E-state index in [1.807, 2.05) is 0 Å². The highest BCUT2D eigenvalue weighted by Crippen LogP contribution is 2.21. The van der Waals surface area contributed by atoms with Crippen molar-refractivity contribution in [1.82, 2.24) is 5.32 Å². The van der Waals surface area contributed by atoms with Gasteiger partial charge in [-0.05, 0) is 18.2 Å². The Morgan fingerprint density at radius 3 is 2.67 bits per heavy atom. The summed E-state index contributed by atoms with van der Waals surface area (Å²) in [5, 5.41) is 5.58. The van der Waals surface area contributed by atoms with E-state index in [0.717, 1.165) is 0 Å². The van der Waals surface area contributed by atoms with E-state index >= 15 is 0 Å². The van der Waals surface area contributed by atoms with Gasteiger partial charge in [-0.15, -0.1) is 12.4 Å². The van der Waals surface area contributed by atoms with Gasteiger partial charge in [0.2, 0.25) is 5.91 Å². The van der Waals surface area contributed by atoms with Gasteiger partial charge < -0.3 is 21.1 Å². The van der Waals surface area contributed by atoms with E-state index < -0.39 is 0 Å². The predicted molar refractivity (Wildman–Crippen MR) is 85.2 cm³/mol. The molecular weight excluding hydrogens is 317 g/mol. The summed E-state index contributed by atoms with van der Waals surface area (Å²) < 4.78 is 4.84. The molecule has 1 aromatic rings. The lowest BCUT2D eigenvalue weighted by Crippen LogP contribution is -2.27. The first-order chi connectivity index (χ1) is 9.58. The molecule has 118 valence electrons. The van der Waals surface area contributed by atoms with E-state index in [2.05, 4.69) is 10.6 Å². The molecule has 4 N–H and O–H groups in total. The zero-order chi connectivity index (χ0) is 15.0. The van der Waals surface area contributed by atoms with Crippen LogP contribution in [0.4, 0.5) is 5.69 Å². The number of benzene rings is 1. The third kappa shape index (κ3) is 6.77. The zero-order valence-electron chi connectivity index (χ0n) is 11.6. The summed E-state index contributed by atoms with van der Waals surface area (Å²) in [6.45, 7) is 1.11. The summed E-state index contributed by atoms with van der Waals surface area (Å²) in [5.74, 6) is -0.479. The first-order valence-corrected chi connectivity index (χ1v) is 6.53. The number of anilines is 1. The van der Waals surface area contributed by atoms with Gasteiger partial charge in [-0.25, -0.2) is 0 Å². The molecule has 0 heterocycles. The van der Waals surface area contributed by atoms with Crippen molar-refractivity contribution in [2.45, 2.75) is 6.42 Å². The zero-order valence-corrected chi connectivity index (χ0v) is 13.2. The lowest BCUT2D eigenvalue weighted by molar-refractivity contribution is -0.116. The average molecular weight is 336 g/mol. The summed E-state index contributed by atoms with van der Waals surface area (Å²) in [6, 6.07) is 4.70. The number of ether oxygens (including phenoxy) is 1. The molecule has 6 nitrogen and oxygen atoms in total. The molecule has 8 heteroatoms. The second-order valence-electron chi connectivity index (χ2n) is 4.03. The average Bonchev–Trinajstić information content (AvgIpc) is 2.39. The van der Waals surface area contributed by atoms with Gasteiger partial charge in [0.1, 0.15) is 0 Å². The van der Waals surface area contributed by atoms with Crippen LogP contribution in [0.3, 0.4) is 0 Å². The normalized spacial score (nSPS) is 9.67. The van der Waals surface area contributed by atoms with E-state index in [1.54, 1.807) is 19.2 Å². The van der Waals surface area contributed by atoms with Crippen LogP contribution in [0.5, 0.6) is 0 Å². The molecule has 0 aliphatic heterocycles. The maximum Gasteiger partial charge on any atom is 0.252 e. The highest BCUT2D eigenvalue weighted by Gasteiger charge is 2.11. The molecule has 0 aliphatic rings. The molecule has 0 aromatic heterocycles. The molecule has 21 heavy (non-hydrogen) atoms. The number of methoxy groups -OCH3 is 1. The molecular formula is C13H19Cl2N3O3.